The Morgan fingerprint density at radius 3 is 2.76 bits per heavy atom. The van der Waals surface area contributed by atoms with Crippen LogP contribution in [0.25, 0.3) is 0 Å². The van der Waals surface area contributed by atoms with Crippen molar-refractivity contribution in [2.45, 2.75) is 52.3 Å². The van der Waals surface area contributed by atoms with E-state index in [4.69, 9.17) is 4.74 Å². The molecule has 1 atom stereocenters. The smallest absolute Gasteiger partial charge is 0.232 e. The van der Waals surface area contributed by atoms with Crippen molar-refractivity contribution in [1.82, 2.24) is 15.3 Å². The van der Waals surface area contributed by atoms with Gasteiger partial charge in [-0.25, -0.2) is 4.98 Å². The maximum absolute atomic E-state index is 5.74. The van der Waals surface area contributed by atoms with E-state index in [1.54, 1.807) is 12.4 Å². The van der Waals surface area contributed by atoms with Gasteiger partial charge in [0.15, 0.2) is 0 Å². The lowest BCUT2D eigenvalue weighted by atomic mass is 10.1. The first-order chi connectivity index (χ1) is 8.15. The van der Waals surface area contributed by atoms with E-state index >= 15 is 0 Å². The van der Waals surface area contributed by atoms with Crippen molar-refractivity contribution >= 4 is 0 Å². The molecule has 0 aromatic carbocycles. The van der Waals surface area contributed by atoms with Crippen molar-refractivity contribution in [3.05, 3.63) is 18.1 Å². The van der Waals surface area contributed by atoms with Crippen LogP contribution in [0, 0.1) is 5.92 Å². The molecule has 0 radical (unpaired) electrons. The van der Waals surface area contributed by atoms with E-state index in [1.807, 2.05) is 0 Å². The number of aromatic nitrogens is 2. The molecule has 0 aliphatic heterocycles. The van der Waals surface area contributed by atoms with Crippen LogP contribution in [0.4, 0.5) is 0 Å². The molecule has 1 aromatic heterocycles. The maximum atomic E-state index is 5.74. The largest absolute Gasteiger partial charge is 0.473 e. The summed E-state index contributed by atoms with van der Waals surface area (Å²) < 4.78 is 5.74. The van der Waals surface area contributed by atoms with Crippen LogP contribution in [-0.4, -0.2) is 22.1 Å². The molecule has 1 N–H and O–H groups in total. The Morgan fingerprint density at radius 2 is 2.12 bits per heavy atom. The Hall–Kier alpha value is -1.16. The summed E-state index contributed by atoms with van der Waals surface area (Å²) in [6.07, 6.45) is 6.21. The van der Waals surface area contributed by atoms with Crippen LogP contribution in [0.2, 0.25) is 0 Å². The monoisotopic (exact) mass is 235 g/mol. The average Bonchev–Trinajstić information content (AvgIpc) is 3.10. The summed E-state index contributed by atoms with van der Waals surface area (Å²) in [6, 6.07) is 0.691. The fourth-order valence-corrected chi connectivity index (χ4v) is 1.39. The highest BCUT2D eigenvalue weighted by Gasteiger charge is 2.20. The SMILES string of the molecule is CC(C)C(C)Oc1cncc(CNC2CC2)n1. The van der Waals surface area contributed by atoms with E-state index in [-0.39, 0.29) is 6.10 Å². The third kappa shape index (κ3) is 3.97. The van der Waals surface area contributed by atoms with Crippen molar-refractivity contribution in [2.24, 2.45) is 5.92 Å². The van der Waals surface area contributed by atoms with Crippen LogP contribution in [0.5, 0.6) is 5.88 Å². The summed E-state index contributed by atoms with van der Waals surface area (Å²) in [5.41, 5.74) is 0.949. The van der Waals surface area contributed by atoms with Gasteiger partial charge in [0.1, 0.15) is 0 Å². The number of hydrogen-bond acceptors (Lipinski definition) is 4. The first-order valence-electron chi connectivity index (χ1n) is 6.36. The van der Waals surface area contributed by atoms with Gasteiger partial charge in [-0.05, 0) is 25.7 Å². The normalized spacial score (nSPS) is 17.2. The highest BCUT2D eigenvalue weighted by atomic mass is 16.5. The fraction of sp³-hybridized carbons (Fsp3) is 0.692. The molecule has 0 saturated heterocycles. The van der Waals surface area contributed by atoms with E-state index in [0.29, 0.717) is 17.8 Å². The van der Waals surface area contributed by atoms with Gasteiger partial charge in [0.2, 0.25) is 5.88 Å². The lowest BCUT2D eigenvalue weighted by molar-refractivity contribution is 0.162. The predicted octanol–water partition coefficient (Wildman–Crippen LogP) is 2.15. The van der Waals surface area contributed by atoms with Crippen molar-refractivity contribution in [3.63, 3.8) is 0 Å². The molecular formula is C13H21N3O. The van der Waals surface area contributed by atoms with Gasteiger partial charge in [0.25, 0.3) is 0 Å². The molecule has 1 saturated carbocycles. The summed E-state index contributed by atoms with van der Waals surface area (Å²) in [4.78, 5) is 8.62. The van der Waals surface area contributed by atoms with Gasteiger partial charge in [0.05, 0.1) is 18.0 Å². The number of ether oxygens (including phenoxy) is 1. The van der Waals surface area contributed by atoms with E-state index in [2.05, 4.69) is 36.1 Å². The molecule has 1 fully saturated rings. The third-order valence-corrected chi connectivity index (χ3v) is 3.06. The molecule has 1 unspecified atom stereocenters. The van der Waals surface area contributed by atoms with Crippen LogP contribution >= 0.6 is 0 Å². The van der Waals surface area contributed by atoms with Gasteiger partial charge < -0.3 is 10.1 Å². The first-order valence-corrected chi connectivity index (χ1v) is 6.36. The molecular weight excluding hydrogens is 214 g/mol. The molecule has 0 amide bonds. The second-order valence-corrected chi connectivity index (χ2v) is 5.07. The summed E-state index contributed by atoms with van der Waals surface area (Å²) in [5.74, 6) is 1.10. The summed E-state index contributed by atoms with van der Waals surface area (Å²) in [5, 5.41) is 3.42. The Bertz CT molecular complexity index is 363. The molecule has 0 spiro atoms. The standard InChI is InChI=1S/C13H21N3O/c1-9(2)10(3)17-13-8-14-6-12(16-13)7-15-11-4-5-11/h6,8-11,15H,4-5,7H2,1-3H3. The molecule has 17 heavy (non-hydrogen) atoms. The molecule has 1 heterocycles. The third-order valence-electron chi connectivity index (χ3n) is 3.06. The molecule has 4 heteroatoms. The lowest BCUT2D eigenvalue weighted by Gasteiger charge is -2.17. The van der Waals surface area contributed by atoms with Gasteiger partial charge in [-0.2, -0.15) is 0 Å². The fourth-order valence-electron chi connectivity index (χ4n) is 1.39. The van der Waals surface area contributed by atoms with Crippen molar-refractivity contribution < 1.29 is 4.74 Å². The topological polar surface area (TPSA) is 47.0 Å². The molecule has 1 aromatic rings. The van der Waals surface area contributed by atoms with E-state index < -0.39 is 0 Å². The minimum atomic E-state index is 0.163. The highest BCUT2D eigenvalue weighted by Crippen LogP contribution is 2.19. The van der Waals surface area contributed by atoms with E-state index in [0.717, 1.165) is 12.2 Å². The minimum Gasteiger partial charge on any atom is -0.473 e. The van der Waals surface area contributed by atoms with Gasteiger partial charge >= 0.3 is 0 Å². The lowest BCUT2D eigenvalue weighted by Crippen LogP contribution is -2.20. The van der Waals surface area contributed by atoms with Crippen LogP contribution in [0.15, 0.2) is 12.4 Å². The van der Waals surface area contributed by atoms with Gasteiger partial charge in [0, 0.05) is 18.8 Å². The summed E-state index contributed by atoms with van der Waals surface area (Å²) in [7, 11) is 0. The van der Waals surface area contributed by atoms with Crippen molar-refractivity contribution in [1.29, 1.82) is 0 Å². The van der Waals surface area contributed by atoms with Gasteiger partial charge in [-0.1, -0.05) is 13.8 Å². The second-order valence-electron chi connectivity index (χ2n) is 5.07. The Kier molecular flexibility index (Phi) is 3.94. The maximum Gasteiger partial charge on any atom is 0.232 e. The van der Waals surface area contributed by atoms with E-state index in [1.165, 1.54) is 12.8 Å². The Balaban J connectivity index is 1.90. The second kappa shape index (κ2) is 5.45. The zero-order chi connectivity index (χ0) is 12.3. The number of nitrogens with zero attached hydrogens (tertiary/aromatic N) is 2. The van der Waals surface area contributed by atoms with Crippen LogP contribution < -0.4 is 10.1 Å². The van der Waals surface area contributed by atoms with Gasteiger partial charge in [-0.3, -0.25) is 4.98 Å². The van der Waals surface area contributed by atoms with Crippen LogP contribution in [0.1, 0.15) is 39.3 Å². The minimum absolute atomic E-state index is 0.163. The quantitative estimate of drug-likeness (QED) is 0.820. The first kappa shape index (κ1) is 12.3. The molecule has 2 rings (SSSR count). The Labute approximate surface area is 103 Å². The molecule has 94 valence electrons. The predicted molar refractivity (Wildman–Crippen MR) is 66.8 cm³/mol. The number of rotatable bonds is 6. The van der Waals surface area contributed by atoms with Crippen LogP contribution in [0.3, 0.4) is 0 Å². The molecule has 1 aliphatic rings. The van der Waals surface area contributed by atoms with E-state index in [9.17, 15) is 0 Å². The molecule has 1 aliphatic carbocycles. The van der Waals surface area contributed by atoms with Crippen molar-refractivity contribution in [3.8, 4) is 5.88 Å². The summed E-state index contributed by atoms with van der Waals surface area (Å²) >= 11 is 0. The highest BCUT2D eigenvalue weighted by molar-refractivity contribution is 5.09. The Morgan fingerprint density at radius 1 is 1.35 bits per heavy atom. The summed E-state index contributed by atoms with van der Waals surface area (Å²) in [6.45, 7) is 7.11. The molecule has 4 nitrogen and oxygen atoms in total. The van der Waals surface area contributed by atoms with Crippen molar-refractivity contribution in [2.75, 3.05) is 0 Å². The zero-order valence-corrected chi connectivity index (χ0v) is 10.8. The number of nitrogens with one attached hydrogen (secondary N) is 1. The van der Waals surface area contributed by atoms with Gasteiger partial charge in [-0.15, -0.1) is 0 Å². The average molecular weight is 235 g/mol. The van der Waals surface area contributed by atoms with Crippen LogP contribution in [-0.2, 0) is 6.54 Å². The molecule has 0 bridgehead atoms. The number of hydrogen-bond donors (Lipinski definition) is 1. The zero-order valence-electron chi connectivity index (χ0n) is 10.8.